The van der Waals surface area contributed by atoms with Gasteiger partial charge in [0.15, 0.2) is 16.8 Å². The number of aryl methyl sites for hydroxylation is 1. The molecule has 1 aromatic heterocycles. The van der Waals surface area contributed by atoms with Gasteiger partial charge < -0.3 is 0 Å². The van der Waals surface area contributed by atoms with Gasteiger partial charge in [-0.3, -0.25) is 4.57 Å². The van der Waals surface area contributed by atoms with Crippen molar-refractivity contribution in [2.75, 3.05) is 0 Å². The maximum absolute atomic E-state index is 14.1. The van der Waals surface area contributed by atoms with Crippen molar-refractivity contribution in [2.45, 2.75) is 6.92 Å². The van der Waals surface area contributed by atoms with Gasteiger partial charge in [-0.15, -0.1) is 0 Å². The lowest BCUT2D eigenvalue weighted by Crippen LogP contribution is -2.03. The molecule has 0 aliphatic carbocycles. The van der Waals surface area contributed by atoms with Gasteiger partial charge in [-0.2, -0.15) is 0 Å². The molecule has 23 heavy (non-hydrogen) atoms. The van der Waals surface area contributed by atoms with Crippen molar-refractivity contribution < 1.29 is 17.6 Å². The summed E-state index contributed by atoms with van der Waals surface area (Å²) < 4.78 is 56.5. The molecular weight excluding hydrogens is 332 g/mol. The molecule has 0 amide bonds. The first kappa shape index (κ1) is 15.6. The molecule has 2 nitrogen and oxygen atoms in total. The van der Waals surface area contributed by atoms with E-state index in [0.717, 1.165) is 12.1 Å². The fraction of sp³-hybridized carbons (Fsp3) is 0.0625. The molecular formula is C16H9ClF4N2. The first-order chi connectivity index (χ1) is 10.9. The summed E-state index contributed by atoms with van der Waals surface area (Å²) in [5.74, 6) is -3.87. The third kappa shape index (κ3) is 2.59. The molecule has 0 unspecified atom stereocenters. The molecule has 0 N–H and O–H groups in total. The number of rotatable bonds is 2. The average molecular weight is 341 g/mol. The Labute approximate surface area is 134 Å². The zero-order valence-electron chi connectivity index (χ0n) is 11.7. The van der Waals surface area contributed by atoms with E-state index in [4.69, 9.17) is 11.6 Å². The highest BCUT2D eigenvalue weighted by Gasteiger charge is 2.24. The van der Waals surface area contributed by atoms with E-state index >= 15 is 0 Å². The van der Waals surface area contributed by atoms with Gasteiger partial charge in [0.2, 0.25) is 0 Å². The summed E-state index contributed by atoms with van der Waals surface area (Å²) >= 11 is 5.99. The van der Waals surface area contributed by atoms with E-state index in [1.54, 1.807) is 0 Å². The highest BCUT2D eigenvalue weighted by molar-refractivity contribution is 6.32. The number of hydrogen-bond donors (Lipinski definition) is 0. The van der Waals surface area contributed by atoms with Crippen LogP contribution in [0, 0.1) is 30.2 Å². The summed E-state index contributed by atoms with van der Waals surface area (Å²) in [7, 11) is 0. The number of halogens is 5. The molecule has 0 radical (unpaired) electrons. The van der Waals surface area contributed by atoms with E-state index < -0.39 is 28.8 Å². The topological polar surface area (TPSA) is 17.8 Å². The molecule has 3 rings (SSSR count). The summed E-state index contributed by atoms with van der Waals surface area (Å²) in [6, 6.07) is 6.80. The highest BCUT2D eigenvalue weighted by atomic mass is 35.5. The molecule has 0 fully saturated rings. The molecule has 0 aliphatic heterocycles. The fourth-order valence-electron chi connectivity index (χ4n) is 2.39. The van der Waals surface area contributed by atoms with Crippen LogP contribution in [-0.4, -0.2) is 9.55 Å². The number of aromatic nitrogens is 2. The van der Waals surface area contributed by atoms with Crippen LogP contribution in [0.25, 0.3) is 16.9 Å². The predicted molar refractivity (Wildman–Crippen MR) is 78.6 cm³/mol. The number of imidazole rings is 1. The summed E-state index contributed by atoms with van der Waals surface area (Å²) in [6.45, 7) is 1.54. The van der Waals surface area contributed by atoms with Crippen molar-refractivity contribution in [3.8, 4) is 16.9 Å². The van der Waals surface area contributed by atoms with Crippen LogP contribution in [-0.2, 0) is 0 Å². The van der Waals surface area contributed by atoms with Crippen molar-refractivity contribution in [3.63, 3.8) is 0 Å². The maximum atomic E-state index is 14.1. The second-order valence-electron chi connectivity index (χ2n) is 4.83. The lowest BCUT2D eigenvalue weighted by Gasteiger charge is -2.12. The third-order valence-electron chi connectivity index (χ3n) is 3.35. The van der Waals surface area contributed by atoms with Crippen LogP contribution in [0.4, 0.5) is 17.6 Å². The summed E-state index contributed by atoms with van der Waals surface area (Å²) in [4.78, 5) is 3.96. The van der Waals surface area contributed by atoms with Gasteiger partial charge in [0.1, 0.15) is 17.5 Å². The second-order valence-corrected chi connectivity index (χ2v) is 5.19. The van der Waals surface area contributed by atoms with Gasteiger partial charge in [0.05, 0.1) is 16.9 Å². The number of benzene rings is 2. The zero-order chi connectivity index (χ0) is 16.7. The van der Waals surface area contributed by atoms with Gasteiger partial charge in [0.25, 0.3) is 0 Å². The average Bonchev–Trinajstić information content (AvgIpc) is 2.78. The SMILES string of the molecule is Cc1nc(Cl)c(-c2c(F)ccc(F)c2F)n1-c1cccc(F)c1. The van der Waals surface area contributed by atoms with E-state index in [0.29, 0.717) is 6.07 Å². The van der Waals surface area contributed by atoms with Crippen molar-refractivity contribution >= 4 is 11.6 Å². The Balaban J connectivity index is 2.37. The smallest absolute Gasteiger partial charge is 0.171 e. The maximum Gasteiger partial charge on any atom is 0.171 e. The van der Waals surface area contributed by atoms with Crippen LogP contribution in [0.1, 0.15) is 5.82 Å². The Morgan fingerprint density at radius 2 is 1.70 bits per heavy atom. The van der Waals surface area contributed by atoms with Gasteiger partial charge in [0, 0.05) is 0 Å². The highest BCUT2D eigenvalue weighted by Crippen LogP contribution is 2.35. The normalized spacial score (nSPS) is 11.0. The predicted octanol–water partition coefficient (Wildman–Crippen LogP) is 5.06. The Bertz CT molecular complexity index is 905. The fourth-order valence-corrected chi connectivity index (χ4v) is 2.69. The van der Waals surface area contributed by atoms with Gasteiger partial charge >= 0.3 is 0 Å². The molecule has 7 heteroatoms. The van der Waals surface area contributed by atoms with Crippen LogP contribution >= 0.6 is 11.6 Å². The Morgan fingerprint density at radius 1 is 1.00 bits per heavy atom. The molecule has 118 valence electrons. The van der Waals surface area contributed by atoms with E-state index in [1.165, 1.54) is 29.7 Å². The third-order valence-corrected chi connectivity index (χ3v) is 3.61. The van der Waals surface area contributed by atoms with Crippen molar-refractivity contribution in [3.05, 3.63) is 70.6 Å². The van der Waals surface area contributed by atoms with Crippen LogP contribution in [0.3, 0.4) is 0 Å². The van der Waals surface area contributed by atoms with E-state index in [2.05, 4.69) is 4.98 Å². The van der Waals surface area contributed by atoms with Gasteiger partial charge in [-0.25, -0.2) is 22.5 Å². The van der Waals surface area contributed by atoms with Crippen LogP contribution in [0.5, 0.6) is 0 Å². The molecule has 1 heterocycles. The molecule has 3 aromatic rings. The van der Waals surface area contributed by atoms with Crippen LogP contribution < -0.4 is 0 Å². The molecule has 0 saturated carbocycles. The molecule has 0 atom stereocenters. The van der Waals surface area contributed by atoms with E-state index in [1.807, 2.05) is 0 Å². The van der Waals surface area contributed by atoms with E-state index in [9.17, 15) is 17.6 Å². The summed E-state index contributed by atoms with van der Waals surface area (Å²) in [6.07, 6.45) is 0. The van der Waals surface area contributed by atoms with Crippen molar-refractivity contribution in [1.29, 1.82) is 0 Å². The van der Waals surface area contributed by atoms with E-state index in [-0.39, 0.29) is 22.4 Å². The minimum absolute atomic E-state index is 0.177. The summed E-state index contributed by atoms with van der Waals surface area (Å²) in [5.41, 5.74) is -0.566. The minimum atomic E-state index is -1.38. The van der Waals surface area contributed by atoms with Gasteiger partial charge in [-0.1, -0.05) is 17.7 Å². The second kappa shape index (κ2) is 5.70. The molecule has 0 spiro atoms. The van der Waals surface area contributed by atoms with Crippen molar-refractivity contribution in [1.82, 2.24) is 9.55 Å². The lowest BCUT2D eigenvalue weighted by atomic mass is 10.1. The summed E-state index contributed by atoms with van der Waals surface area (Å²) in [5, 5.41) is -0.213. The number of nitrogens with zero attached hydrogens (tertiary/aromatic N) is 2. The molecule has 0 aliphatic rings. The first-order valence-electron chi connectivity index (χ1n) is 6.54. The Morgan fingerprint density at radius 3 is 2.39 bits per heavy atom. The molecule has 2 aromatic carbocycles. The minimum Gasteiger partial charge on any atom is -0.295 e. The van der Waals surface area contributed by atoms with Crippen LogP contribution in [0.15, 0.2) is 36.4 Å². The lowest BCUT2D eigenvalue weighted by molar-refractivity contribution is 0.498. The molecule has 0 saturated heterocycles. The molecule has 0 bridgehead atoms. The quantitative estimate of drug-likeness (QED) is 0.471. The Hall–Kier alpha value is -2.34. The van der Waals surface area contributed by atoms with Crippen LogP contribution in [0.2, 0.25) is 5.15 Å². The largest absolute Gasteiger partial charge is 0.295 e. The number of hydrogen-bond acceptors (Lipinski definition) is 1. The zero-order valence-corrected chi connectivity index (χ0v) is 12.5. The Kier molecular flexibility index (Phi) is 3.85. The first-order valence-corrected chi connectivity index (χ1v) is 6.92. The standard InChI is InChI=1S/C16H9ClF4N2/c1-8-22-16(17)15(13-11(19)5-6-12(20)14(13)21)23(8)10-4-2-3-9(18)7-10/h2-7H,1H3. The monoisotopic (exact) mass is 340 g/mol. The van der Waals surface area contributed by atoms with Crippen molar-refractivity contribution in [2.24, 2.45) is 0 Å². The van der Waals surface area contributed by atoms with Gasteiger partial charge in [-0.05, 0) is 37.3 Å².